The predicted octanol–water partition coefficient (Wildman–Crippen LogP) is 10.8. The van der Waals surface area contributed by atoms with E-state index in [1.165, 1.54) is 51.1 Å². The van der Waals surface area contributed by atoms with E-state index in [0.29, 0.717) is 0 Å². The molecule has 0 radical (unpaired) electrons. The standard InChI is InChI=1S/C40H20N6S2/c1-3-7-32-21(5-1)23-9-10-31-36(38(23)48-32)25-17-28(43-19-27(25)39-42-15-16-45(31)39)29-20-46-30-11-12-34-37(24-6-2-4-8-33(24)47-34)35(30)22-13-14-41-18-26(22)40(46)44-29/h1-20H. The highest BCUT2D eigenvalue weighted by atomic mass is 32.1. The minimum atomic E-state index is 0.824. The number of fused-ring (bicyclic) bond motifs is 20. The van der Waals surface area contributed by atoms with Crippen LogP contribution in [0.2, 0.25) is 0 Å². The Morgan fingerprint density at radius 1 is 0.500 bits per heavy atom. The van der Waals surface area contributed by atoms with Gasteiger partial charge in [0.25, 0.3) is 0 Å². The third-order valence-corrected chi connectivity index (χ3v) is 12.3. The summed E-state index contributed by atoms with van der Waals surface area (Å²) >= 11 is 3.69. The highest BCUT2D eigenvalue weighted by Crippen LogP contribution is 2.44. The van der Waals surface area contributed by atoms with E-state index in [4.69, 9.17) is 15.0 Å². The zero-order valence-electron chi connectivity index (χ0n) is 25.0. The van der Waals surface area contributed by atoms with Crippen molar-refractivity contribution in [2.75, 3.05) is 0 Å². The lowest BCUT2D eigenvalue weighted by Gasteiger charge is -2.10. The van der Waals surface area contributed by atoms with Gasteiger partial charge in [-0.3, -0.25) is 18.8 Å². The Morgan fingerprint density at radius 3 is 2.25 bits per heavy atom. The van der Waals surface area contributed by atoms with E-state index in [9.17, 15) is 0 Å². The summed E-state index contributed by atoms with van der Waals surface area (Å²) in [6.45, 7) is 0. The monoisotopic (exact) mass is 648 g/mol. The van der Waals surface area contributed by atoms with Crippen LogP contribution in [0.4, 0.5) is 0 Å². The minimum absolute atomic E-state index is 0.824. The molecule has 0 spiro atoms. The van der Waals surface area contributed by atoms with Crippen LogP contribution in [0.5, 0.6) is 0 Å². The van der Waals surface area contributed by atoms with E-state index in [1.54, 1.807) is 0 Å². The number of aromatic nitrogens is 6. The predicted molar refractivity (Wildman–Crippen MR) is 201 cm³/mol. The molecule has 0 amide bonds. The summed E-state index contributed by atoms with van der Waals surface area (Å²) < 4.78 is 9.55. The Labute approximate surface area is 278 Å². The molecule has 222 valence electrons. The second-order valence-corrected chi connectivity index (χ2v) is 14.5. The molecule has 4 aromatic carbocycles. The lowest BCUT2D eigenvalue weighted by Crippen LogP contribution is -1.93. The summed E-state index contributed by atoms with van der Waals surface area (Å²) in [5, 5.41) is 11.9. The van der Waals surface area contributed by atoms with E-state index < -0.39 is 0 Å². The maximum Gasteiger partial charge on any atom is 0.147 e. The summed E-state index contributed by atoms with van der Waals surface area (Å²) in [5.74, 6) is 0. The van der Waals surface area contributed by atoms with Crippen LogP contribution in [0.1, 0.15) is 0 Å². The molecule has 0 aliphatic carbocycles. The first-order valence-electron chi connectivity index (χ1n) is 15.8. The topological polar surface area (TPSA) is 60.4 Å². The second-order valence-electron chi connectivity index (χ2n) is 12.3. The van der Waals surface area contributed by atoms with Crippen LogP contribution in [0.3, 0.4) is 0 Å². The van der Waals surface area contributed by atoms with E-state index in [0.717, 1.165) is 55.3 Å². The number of imidazole rings is 2. The van der Waals surface area contributed by atoms with Crippen LogP contribution >= 0.6 is 22.7 Å². The molecule has 0 saturated carbocycles. The van der Waals surface area contributed by atoms with Gasteiger partial charge in [-0.15, -0.1) is 22.7 Å². The maximum absolute atomic E-state index is 5.27. The molecule has 0 bridgehead atoms. The average molecular weight is 649 g/mol. The molecule has 12 aromatic rings. The normalized spacial score (nSPS) is 12.6. The number of pyridine rings is 4. The van der Waals surface area contributed by atoms with Gasteiger partial charge in [0, 0.05) is 99.1 Å². The van der Waals surface area contributed by atoms with E-state index in [1.807, 2.05) is 53.7 Å². The third-order valence-electron chi connectivity index (χ3n) is 9.92. The summed E-state index contributed by atoms with van der Waals surface area (Å²) in [4.78, 5) is 19.6. The highest BCUT2D eigenvalue weighted by molar-refractivity contribution is 7.27. The molecule has 48 heavy (non-hydrogen) atoms. The smallest absolute Gasteiger partial charge is 0.147 e. The van der Waals surface area contributed by atoms with Crippen molar-refractivity contribution >= 4 is 118 Å². The lowest BCUT2D eigenvalue weighted by atomic mass is 10.0. The average Bonchev–Trinajstić information content (AvgIpc) is 3.94. The van der Waals surface area contributed by atoms with Gasteiger partial charge in [-0.05, 0) is 53.2 Å². The fourth-order valence-corrected chi connectivity index (χ4v) is 10.2. The van der Waals surface area contributed by atoms with Gasteiger partial charge in [0.1, 0.15) is 17.0 Å². The Bertz CT molecular complexity index is 3360. The number of hydrogen-bond acceptors (Lipinski definition) is 6. The molecule has 0 fully saturated rings. The van der Waals surface area contributed by atoms with Gasteiger partial charge in [0.15, 0.2) is 0 Å². The molecule has 0 N–H and O–H groups in total. The third kappa shape index (κ3) is 3.11. The Balaban J connectivity index is 1.20. The summed E-state index contributed by atoms with van der Waals surface area (Å²) in [5.41, 5.74) is 5.69. The van der Waals surface area contributed by atoms with Crippen LogP contribution in [-0.2, 0) is 0 Å². The molecular weight excluding hydrogens is 629 g/mol. The van der Waals surface area contributed by atoms with Gasteiger partial charge in [0.2, 0.25) is 0 Å². The quantitative estimate of drug-likeness (QED) is 0.166. The number of nitrogens with zero attached hydrogens (tertiary/aromatic N) is 6. The van der Waals surface area contributed by atoms with Crippen molar-refractivity contribution in [2.45, 2.75) is 0 Å². The molecule has 8 heterocycles. The molecule has 8 heteroatoms. The first-order chi connectivity index (χ1) is 23.8. The molecule has 0 saturated heterocycles. The van der Waals surface area contributed by atoms with Gasteiger partial charge in [-0.1, -0.05) is 42.5 Å². The molecule has 6 nitrogen and oxygen atoms in total. The van der Waals surface area contributed by atoms with Crippen LogP contribution in [0.15, 0.2) is 122 Å². The first kappa shape index (κ1) is 25.2. The van der Waals surface area contributed by atoms with Gasteiger partial charge >= 0.3 is 0 Å². The van der Waals surface area contributed by atoms with Gasteiger partial charge in [0.05, 0.1) is 16.7 Å². The summed E-state index contributed by atoms with van der Waals surface area (Å²) in [7, 11) is 0. The van der Waals surface area contributed by atoms with E-state index in [2.05, 4.69) is 105 Å². The molecule has 0 unspecified atom stereocenters. The minimum Gasteiger partial charge on any atom is -0.299 e. The number of thiophene rings is 2. The Kier molecular flexibility index (Phi) is 4.66. The van der Waals surface area contributed by atoms with Crippen molar-refractivity contribution < 1.29 is 0 Å². The number of hydrogen-bond donors (Lipinski definition) is 0. The second kappa shape index (κ2) is 8.89. The largest absolute Gasteiger partial charge is 0.299 e. The molecule has 8 aromatic heterocycles. The molecule has 12 rings (SSSR count). The fourth-order valence-electron chi connectivity index (χ4n) is 7.86. The SMILES string of the molecule is c1ccc2c(c1)sc1c2ccc2c1c1cc(-c3cn4c5ccc6sc7ccccc7c6c5c5ccncc5c4n3)ncc1c1nccn21. The van der Waals surface area contributed by atoms with Crippen molar-refractivity contribution in [1.82, 2.24) is 28.7 Å². The number of rotatable bonds is 1. The van der Waals surface area contributed by atoms with Crippen molar-refractivity contribution in [3.63, 3.8) is 0 Å². The maximum atomic E-state index is 5.27. The van der Waals surface area contributed by atoms with Crippen LogP contribution in [0, 0.1) is 0 Å². The fraction of sp³-hybridized carbons (Fsp3) is 0. The van der Waals surface area contributed by atoms with Gasteiger partial charge < -0.3 is 0 Å². The summed E-state index contributed by atoms with van der Waals surface area (Å²) in [6, 6.07) is 30.7. The molecule has 0 atom stereocenters. The van der Waals surface area contributed by atoms with Crippen LogP contribution < -0.4 is 0 Å². The zero-order chi connectivity index (χ0) is 31.1. The van der Waals surface area contributed by atoms with Crippen molar-refractivity contribution in [3.8, 4) is 11.4 Å². The van der Waals surface area contributed by atoms with Crippen LogP contribution in [-0.4, -0.2) is 28.7 Å². The van der Waals surface area contributed by atoms with Gasteiger partial charge in [-0.25, -0.2) is 9.97 Å². The van der Waals surface area contributed by atoms with Crippen molar-refractivity contribution in [2.24, 2.45) is 0 Å². The number of benzene rings is 4. The lowest BCUT2D eigenvalue weighted by molar-refractivity contribution is 1.26. The van der Waals surface area contributed by atoms with Crippen molar-refractivity contribution in [3.05, 3.63) is 122 Å². The molecular formula is C40H20N6S2. The summed E-state index contributed by atoms with van der Waals surface area (Å²) in [6.07, 6.45) is 11.9. The molecule has 0 aliphatic heterocycles. The van der Waals surface area contributed by atoms with Crippen molar-refractivity contribution in [1.29, 1.82) is 0 Å². The Hall–Kier alpha value is -5.96. The van der Waals surface area contributed by atoms with Crippen LogP contribution in [0.25, 0.3) is 106 Å². The van der Waals surface area contributed by atoms with Gasteiger partial charge in [-0.2, -0.15) is 0 Å². The van der Waals surface area contributed by atoms with E-state index >= 15 is 0 Å². The Morgan fingerprint density at radius 2 is 1.31 bits per heavy atom. The van der Waals surface area contributed by atoms with E-state index in [-0.39, 0.29) is 0 Å². The molecule has 0 aliphatic rings. The zero-order valence-corrected chi connectivity index (χ0v) is 26.7. The highest BCUT2D eigenvalue weighted by Gasteiger charge is 2.20. The first-order valence-corrected chi connectivity index (χ1v) is 17.4.